The predicted molar refractivity (Wildman–Crippen MR) is 89.8 cm³/mol. The second kappa shape index (κ2) is 16.2. The van der Waals surface area contributed by atoms with Crippen LogP contribution in [0.2, 0.25) is 0 Å². The summed E-state index contributed by atoms with van der Waals surface area (Å²) >= 11 is 0. The van der Waals surface area contributed by atoms with Crippen LogP contribution in [0, 0.1) is 0 Å². The first-order valence-electron chi connectivity index (χ1n) is 8.51. The molecule has 22 heavy (non-hydrogen) atoms. The van der Waals surface area contributed by atoms with E-state index in [1.807, 2.05) is 12.2 Å². The summed E-state index contributed by atoms with van der Waals surface area (Å²) in [5.41, 5.74) is 0. The van der Waals surface area contributed by atoms with Gasteiger partial charge in [-0.25, -0.2) is 0 Å². The normalized spacial score (nSPS) is 13.2. The molecule has 1 unspecified atom stereocenters. The summed E-state index contributed by atoms with van der Waals surface area (Å²) in [6, 6.07) is 0. The van der Waals surface area contributed by atoms with Crippen LogP contribution in [0.4, 0.5) is 0 Å². The van der Waals surface area contributed by atoms with E-state index in [1.54, 1.807) is 6.08 Å². The Balaban J connectivity index is 3.38. The lowest BCUT2D eigenvalue weighted by molar-refractivity contribution is -0.137. The molecule has 0 saturated carbocycles. The topological polar surface area (TPSA) is 77.8 Å². The van der Waals surface area contributed by atoms with Crippen LogP contribution in [0.15, 0.2) is 24.3 Å². The van der Waals surface area contributed by atoms with Crippen molar-refractivity contribution in [1.82, 2.24) is 0 Å². The molecule has 0 spiro atoms. The van der Waals surface area contributed by atoms with Crippen molar-refractivity contribution < 1.29 is 20.1 Å². The van der Waals surface area contributed by atoms with E-state index in [9.17, 15) is 9.90 Å². The molecular formula is C18H32O4. The van der Waals surface area contributed by atoms with Crippen molar-refractivity contribution in [2.75, 3.05) is 6.61 Å². The van der Waals surface area contributed by atoms with Crippen molar-refractivity contribution in [3.05, 3.63) is 24.3 Å². The quantitative estimate of drug-likeness (QED) is 0.317. The maximum Gasteiger partial charge on any atom is 0.303 e. The molecule has 1 atom stereocenters. The van der Waals surface area contributed by atoms with Crippen LogP contribution < -0.4 is 0 Å². The van der Waals surface area contributed by atoms with Gasteiger partial charge in [-0.05, 0) is 32.1 Å². The van der Waals surface area contributed by atoms with Gasteiger partial charge in [0.2, 0.25) is 0 Å². The Morgan fingerprint density at radius 3 is 2.18 bits per heavy atom. The molecule has 0 aliphatic carbocycles. The zero-order chi connectivity index (χ0) is 16.5. The fourth-order valence-corrected chi connectivity index (χ4v) is 2.18. The zero-order valence-electron chi connectivity index (χ0n) is 13.6. The molecule has 128 valence electrons. The lowest BCUT2D eigenvalue weighted by atomic mass is 10.1. The molecule has 0 heterocycles. The van der Waals surface area contributed by atoms with Gasteiger partial charge in [0.15, 0.2) is 0 Å². The Hall–Kier alpha value is -1.13. The Morgan fingerprint density at radius 2 is 1.55 bits per heavy atom. The first-order valence-corrected chi connectivity index (χ1v) is 8.51. The molecule has 4 nitrogen and oxygen atoms in total. The highest BCUT2D eigenvalue weighted by atomic mass is 16.4. The average Bonchev–Trinajstić information content (AvgIpc) is 2.48. The van der Waals surface area contributed by atoms with Crippen molar-refractivity contribution in [2.45, 2.75) is 76.7 Å². The average molecular weight is 312 g/mol. The van der Waals surface area contributed by atoms with E-state index in [1.165, 1.54) is 32.1 Å². The van der Waals surface area contributed by atoms with Crippen LogP contribution in [-0.4, -0.2) is 34.0 Å². The van der Waals surface area contributed by atoms with E-state index in [2.05, 4.69) is 6.08 Å². The maximum atomic E-state index is 10.3. The third kappa shape index (κ3) is 16.9. The standard InChI is InChI=1S/C18H32O4/c19-16-11-9-7-5-3-1-2-4-6-8-10-13-17(20)14-12-15-18(21)22/h6,8,10,13,17,19-20H,1-5,7,9,11-12,14-16H2,(H,21,22)/b8-6+,13-10+. The molecule has 4 heteroatoms. The fourth-order valence-electron chi connectivity index (χ4n) is 2.18. The first-order chi connectivity index (χ1) is 10.7. The van der Waals surface area contributed by atoms with E-state index in [0.717, 1.165) is 19.3 Å². The number of carbonyl (C=O) groups is 1. The van der Waals surface area contributed by atoms with Gasteiger partial charge in [0, 0.05) is 13.0 Å². The summed E-state index contributed by atoms with van der Waals surface area (Å²) in [4.78, 5) is 10.3. The number of aliphatic hydroxyl groups is 2. The number of aliphatic carboxylic acids is 1. The Bertz CT molecular complexity index is 310. The van der Waals surface area contributed by atoms with Crippen molar-refractivity contribution in [2.24, 2.45) is 0 Å². The van der Waals surface area contributed by atoms with Crippen molar-refractivity contribution in [3.63, 3.8) is 0 Å². The molecule has 0 aliphatic rings. The second-order valence-electron chi connectivity index (χ2n) is 5.65. The fraction of sp³-hybridized carbons (Fsp3) is 0.722. The summed E-state index contributed by atoms with van der Waals surface area (Å²) in [6.45, 7) is 0.312. The summed E-state index contributed by atoms with van der Waals surface area (Å²) in [5.74, 6) is -0.815. The smallest absolute Gasteiger partial charge is 0.303 e. The van der Waals surface area contributed by atoms with E-state index in [0.29, 0.717) is 19.4 Å². The SMILES string of the molecule is O=C(O)CCCC(O)/C=C/C=C/CCCCCCCCCO. The highest BCUT2D eigenvalue weighted by Gasteiger charge is 2.01. The van der Waals surface area contributed by atoms with Crippen molar-refractivity contribution >= 4 is 5.97 Å². The number of hydrogen-bond acceptors (Lipinski definition) is 3. The van der Waals surface area contributed by atoms with E-state index >= 15 is 0 Å². The van der Waals surface area contributed by atoms with Crippen molar-refractivity contribution in [3.8, 4) is 0 Å². The summed E-state index contributed by atoms with van der Waals surface area (Å²) in [5, 5.41) is 26.7. The van der Waals surface area contributed by atoms with Gasteiger partial charge in [-0.1, -0.05) is 56.4 Å². The molecule has 0 rings (SSSR count). The molecule has 0 bridgehead atoms. The number of carboxylic acid groups (broad SMARTS) is 1. The van der Waals surface area contributed by atoms with Gasteiger partial charge in [-0.2, -0.15) is 0 Å². The van der Waals surface area contributed by atoms with Gasteiger partial charge in [0.05, 0.1) is 6.10 Å². The molecule has 0 aromatic carbocycles. The maximum absolute atomic E-state index is 10.3. The number of hydrogen-bond donors (Lipinski definition) is 3. The van der Waals surface area contributed by atoms with Crippen LogP contribution >= 0.6 is 0 Å². The molecule has 0 aliphatic heterocycles. The molecule has 0 fully saturated rings. The molecular weight excluding hydrogens is 280 g/mol. The summed E-state index contributed by atoms with van der Waals surface area (Å²) < 4.78 is 0. The summed E-state index contributed by atoms with van der Waals surface area (Å²) in [6.07, 6.45) is 17.4. The van der Waals surface area contributed by atoms with Crippen LogP contribution in [-0.2, 0) is 4.79 Å². The van der Waals surface area contributed by atoms with Crippen molar-refractivity contribution in [1.29, 1.82) is 0 Å². The third-order valence-corrected chi connectivity index (χ3v) is 3.50. The Labute approximate surface area is 134 Å². The predicted octanol–water partition coefficient (Wildman–Crippen LogP) is 3.83. The lowest BCUT2D eigenvalue weighted by Gasteiger charge is -2.02. The van der Waals surface area contributed by atoms with Gasteiger partial charge in [-0.3, -0.25) is 4.79 Å². The molecule has 0 radical (unpaired) electrons. The van der Waals surface area contributed by atoms with E-state index in [-0.39, 0.29) is 6.42 Å². The third-order valence-electron chi connectivity index (χ3n) is 3.50. The van der Waals surface area contributed by atoms with Crippen LogP contribution in [0.25, 0.3) is 0 Å². The second-order valence-corrected chi connectivity index (χ2v) is 5.65. The van der Waals surface area contributed by atoms with Gasteiger partial charge >= 0.3 is 5.97 Å². The lowest BCUT2D eigenvalue weighted by Crippen LogP contribution is -2.03. The van der Waals surface area contributed by atoms with Crippen LogP contribution in [0.1, 0.15) is 70.6 Å². The van der Waals surface area contributed by atoms with E-state index in [4.69, 9.17) is 10.2 Å². The minimum atomic E-state index is -0.815. The monoisotopic (exact) mass is 312 g/mol. The first kappa shape index (κ1) is 20.9. The van der Waals surface area contributed by atoms with Gasteiger partial charge in [0.25, 0.3) is 0 Å². The number of rotatable bonds is 15. The Kier molecular flexibility index (Phi) is 15.4. The number of carboxylic acids is 1. The molecule has 0 saturated heterocycles. The minimum absolute atomic E-state index is 0.112. The largest absolute Gasteiger partial charge is 0.481 e. The van der Waals surface area contributed by atoms with Gasteiger partial charge in [0.1, 0.15) is 0 Å². The molecule has 0 amide bonds. The number of unbranched alkanes of at least 4 members (excludes halogenated alkanes) is 7. The Morgan fingerprint density at radius 1 is 0.909 bits per heavy atom. The highest BCUT2D eigenvalue weighted by Crippen LogP contribution is 2.08. The van der Waals surface area contributed by atoms with Crippen LogP contribution in [0.3, 0.4) is 0 Å². The zero-order valence-corrected chi connectivity index (χ0v) is 13.6. The molecule has 3 N–H and O–H groups in total. The molecule has 0 aromatic heterocycles. The van der Waals surface area contributed by atoms with E-state index < -0.39 is 12.1 Å². The summed E-state index contributed by atoms with van der Waals surface area (Å²) in [7, 11) is 0. The number of allylic oxidation sites excluding steroid dienone is 3. The van der Waals surface area contributed by atoms with Gasteiger partial charge < -0.3 is 15.3 Å². The molecule has 0 aromatic rings. The van der Waals surface area contributed by atoms with Crippen LogP contribution in [0.5, 0.6) is 0 Å². The minimum Gasteiger partial charge on any atom is -0.481 e. The van der Waals surface area contributed by atoms with Gasteiger partial charge in [-0.15, -0.1) is 0 Å². The highest BCUT2D eigenvalue weighted by molar-refractivity contribution is 5.66. The number of aliphatic hydroxyl groups excluding tert-OH is 2.